The fourth-order valence-corrected chi connectivity index (χ4v) is 5.19. The Kier molecular flexibility index (Phi) is 3.96. The minimum atomic E-state index is -0.605. The van der Waals surface area contributed by atoms with Gasteiger partial charge in [-0.2, -0.15) is 0 Å². The molecule has 2 aromatic carbocycles. The van der Waals surface area contributed by atoms with Gasteiger partial charge < -0.3 is 28.4 Å². The average molecular weight is 384 g/mol. The molecule has 0 radical (unpaired) electrons. The fourth-order valence-electron chi connectivity index (χ4n) is 5.19. The molecule has 0 aromatic heterocycles. The topological polar surface area (TPSA) is 55.4 Å². The molecule has 6 heteroatoms. The van der Waals surface area contributed by atoms with Gasteiger partial charge in [0.25, 0.3) is 0 Å². The van der Waals surface area contributed by atoms with Crippen LogP contribution < -0.4 is 18.9 Å². The maximum Gasteiger partial charge on any atom is 0.161 e. The summed E-state index contributed by atoms with van der Waals surface area (Å²) in [5.41, 5.74) is 2.63. The number of rotatable bonds is 5. The van der Waals surface area contributed by atoms with Crippen molar-refractivity contribution in [3.63, 3.8) is 0 Å². The van der Waals surface area contributed by atoms with Gasteiger partial charge in [-0.05, 0) is 41.0 Å². The van der Waals surface area contributed by atoms with Gasteiger partial charge in [0.15, 0.2) is 23.0 Å². The quantitative estimate of drug-likeness (QED) is 0.788. The summed E-state index contributed by atoms with van der Waals surface area (Å²) in [6, 6.07) is 10.1. The third kappa shape index (κ3) is 2.10. The minimum absolute atomic E-state index is 0.0237. The van der Waals surface area contributed by atoms with Crippen LogP contribution in [0.2, 0.25) is 0 Å². The lowest BCUT2D eigenvalue weighted by Gasteiger charge is -2.39. The Bertz CT molecular complexity index is 925. The van der Waals surface area contributed by atoms with Crippen molar-refractivity contribution in [1.82, 2.24) is 0 Å². The van der Waals surface area contributed by atoms with Crippen molar-refractivity contribution in [2.24, 2.45) is 11.8 Å². The van der Waals surface area contributed by atoms with E-state index in [1.54, 1.807) is 28.4 Å². The van der Waals surface area contributed by atoms with Crippen LogP contribution in [-0.4, -0.2) is 41.7 Å². The van der Waals surface area contributed by atoms with Crippen LogP contribution in [-0.2, 0) is 15.1 Å². The van der Waals surface area contributed by atoms with Gasteiger partial charge in [0.2, 0.25) is 0 Å². The summed E-state index contributed by atoms with van der Waals surface area (Å²) in [6.45, 7) is 1.31. The average Bonchev–Trinajstić information content (AvgIpc) is 3.26. The van der Waals surface area contributed by atoms with Crippen LogP contribution in [0.25, 0.3) is 0 Å². The summed E-state index contributed by atoms with van der Waals surface area (Å²) in [5.74, 6) is 3.33. The lowest BCUT2D eigenvalue weighted by Crippen LogP contribution is -2.39. The molecule has 2 fully saturated rings. The van der Waals surface area contributed by atoms with Crippen LogP contribution in [0, 0.1) is 11.8 Å². The van der Waals surface area contributed by atoms with Crippen molar-refractivity contribution < 1.29 is 28.4 Å². The molecule has 3 aliphatic rings. The van der Waals surface area contributed by atoms with E-state index in [1.165, 1.54) is 0 Å². The van der Waals surface area contributed by atoms with Crippen molar-refractivity contribution in [1.29, 1.82) is 0 Å². The zero-order valence-electron chi connectivity index (χ0n) is 16.5. The van der Waals surface area contributed by atoms with E-state index in [-0.39, 0.29) is 12.0 Å². The Morgan fingerprint density at radius 3 is 2.21 bits per heavy atom. The largest absolute Gasteiger partial charge is 0.493 e. The highest BCUT2D eigenvalue weighted by Gasteiger charge is 2.63. The summed E-state index contributed by atoms with van der Waals surface area (Å²) in [6.07, 6.45) is 0.0237. The molecule has 148 valence electrons. The van der Waals surface area contributed by atoms with Crippen LogP contribution in [0.1, 0.15) is 22.8 Å². The fraction of sp³-hybridized carbons (Fsp3) is 0.455. The maximum absolute atomic E-state index is 6.58. The van der Waals surface area contributed by atoms with Crippen molar-refractivity contribution in [3.05, 3.63) is 47.0 Å². The SMILES string of the molecule is COc1ccc([C@@]23OC[C@@H]4[C@@H](OC[C@@H]42)c2cc(OC)c(OC)cc23)cc1OC. The Morgan fingerprint density at radius 2 is 1.50 bits per heavy atom. The molecular formula is C22H24O6. The van der Waals surface area contributed by atoms with E-state index < -0.39 is 5.60 Å². The van der Waals surface area contributed by atoms with Gasteiger partial charge >= 0.3 is 0 Å². The van der Waals surface area contributed by atoms with Crippen LogP contribution in [0.15, 0.2) is 30.3 Å². The van der Waals surface area contributed by atoms with Crippen molar-refractivity contribution in [3.8, 4) is 23.0 Å². The monoisotopic (exact) mass is 384 g/mol. The number of fused-ring (bicyclic) bond motifs is 3. The predicted octanol–water partition coefficient (Wildman–Crippen LogP) is 3.31. The first-order valence-corrected chi connectivity index (χ1v) is 9.42. The van der Waals surface area contributed by atoms with E-state index in [9.17, 15) is 0 Å². The van der Waals surface area contributed by atoms with Gasteiger partial charge in [0.05, 0.1) is 47.8 Å². The molecule has 2 saturated heterocycles. The van der Waals surface area contributed by atoms with Crippen LogP contribution >= 0.6 is 0 Å². The molecule has 4 atom stereocenters. The molecule has 5 rings (SSSR count). The molecule has 0 amide bonds. The molecule has 6 nitrogen and oxygen atoms in total. The molecule has 1 aliphatic carbocycles. The molecule has 28 heavy (non-hydrogen) atoms. The second-order valence-corrected chi connectivity index (χ2v) is 7.44. The Morgan fingerprint density at radius 1 is 0.821 bits per heavy atom. The molecular weight excluding hydrogens is 360 g/mol. The van der Waals surface area contributed by atoms with Gasteiger partial charge in [-0.1, -0.05) is 6.07 Å². The number of hydrogen-bond acceptors (Lipinski definition) is 6. The van der Waals surface area contributed by atoms with Gasteiger partial charge in [0.1, 0.15) is 5.60 Å². The Labute approximate surface area is 164 Å². The zero-order chi connectivity index (χ0) is 19.5. The van der Waals surface area contributed by atoms with Gasteiger partial charge in [-0.25, -0.2) is 0 Å². The van der Waals surface area contributed by atoms with Gasteiger partial charge in [-0.15, -0.1) is 0 Å². The van der Waals surface area contributed by atoms with Gasteiger partial charge in [-0.3, -0.25) is 0 Å². The molecule has 2 aliphatic heterocycles. The molecule has 0 saturated carbocycles. The van der Waals surface area contributed by atoms with E-state index >= 15 is 0 Å². The van der Waals surface area contributed by atoms with E-state index in [4.69, 9.17) is 28.4 Å². The summed E-state index contributed by atoms with van der Waals surface area (Å²) in [7, 11) is 6.59. The number of benzene rings is 2. The molecule has 4 bridgehead atoms. The van der Waals surface area contributed by atoms with Crippen LogP contribution in [0.4, 0.5) is 0 Å². The lowest BCUT2D eigenvalue weighted by molar-refractivity contribution is -0.0130. The summed E-state index contributed by atoms with van der Waals surface area (Å²) in [4.78, 5) is 0. The highest BCUT2D eigenvalue weighted by Crippen LogP contribution is 2.63. The van der Waals surface area contributed by atoms with Crippen molar-refractivity contribution >= 4 is 0 Å². The van der Waals surface area contributed by atoms with Crippen LogP contribution in [0.3, 0.4) is 0 Å². The molecule has 0 N–H and O–H groups in total. The summed E-state index contributed by atoms with van der Waals surface area (Å²) in [5, 5.41) is 0. The third-order valence-corrected chi connectivity index (χ3v) is 6.46. The zero-order valence-corrected chi connectivity index (χ0v) is 16.5. The van der Waals surface area contributed by atoms with E-state index in [1.807, 2.05) is 24.3 Å². The number of hydrogen-bond donors (Lipinski definition) is 0. The van der Waals surface area contributed by atoms with Gasteiger partial charge in [0, 0.05) is 11.8 Å². The first kappa shape index (κ1) is 17.6. The molecule has 2 heterocycles. The molecule has 2 aromatic rings. The first-order chi connectivity index (χ1) is 13.7. The van der Waals surface area contributed by atoms with E-state index in [0.717, 1.165) is 16.7 Å². The molecule has 0 spiro atoms. The summed E-state index contributed by atoms with van der Waals surface area (Å²) >= 11 is 0. The Balaban J connectivity index is 1.76. The second-order valence-electron chi connectivity index (χ2n) is 7.44. The highest BCUT2D eigenvalue weighted by atomic mass is 16.5. The smallest absolute Gasteiger partial charge is 0.161 e. The number of methoxy groups -OCH3 is 4. The Hall–Kier alpha value is -2.44. The maximum atomic E-state index is 6.58. The number of ether oxygens (including phenoxy) is 6. The predicted molar refractivity (Wildman–Crippen MR) is 101 cm³/mol. The molecule has 0 unspecified atom stereocenters. The van der Waals surface area contributed by atoms with E-state index in [0.29, 0.717) is 42.1 Å². The normalized spacial score (nSPS) is 29.4. The second kappa shape index (κ2) is 6.29. The van der Waals surface area contributed by atoms with Crippen molar-refractivity contribution in [2.75, 3.05) is 41.7 Å². The van der Waals surface area contributed by atoms with Crippen molar-refractivity contribution in [2.45, 2.75) is 11.7 Å². The minimum Gasteiger partial charge on any atom is -0.493 e. The standard InChI is InChI=1S/C22H24O6/c1-23-17-6-5-12(7-18(17)24-2)22-15-9-20(26-4)19(25-3)8-13(15)21-14(10-28-22)16(22)11-27-21/h5-9,14,16,21H,10-11H2,1-4H3/t14-,16-,21-,22-/m0/s1. The van der Waals surface area contributed by atoms with Crippen LogP contribution in [0.5, 0.6) is 23.0 Å². The third-order valence-electron chi connectivity index (χ3n) is 6.46. The van der Waals surface area contributed by atoms with E-state index in [2.05, 4.69) is 6.07 Å². The first-order valence-electron chi connectivity index (χ1n) is 9.42. The highest BCUT2D eigenvalue weighted by molar-refractivity contribution is 5.58. The lowest BCUT2D eigenvalue weighted by atomic mass is 9.66. The summed E-state index contributed by atoms with van der Waals surface area (Å²) < 4.78 is 34.9.